The van der Waals surface area contributed by atoms with Crippen molar-refractivity contribution in [2.75, 3.05) is 0 Å². The van der Waals surface area contributed by atoms with Crippen molar-refractivity contribution in [3.8, 4) is 0 Å². The molecule has 3 rings (SSSR count). The fourth-order valence-electron chi connectivity index (χ4n) is 2.16. The first kappa shape index (κ1) is 13.5. The number of carbonyl (C=O) groups excluding carboxylic acids is 1. The van der Waals surface area contributed by atoms with Crippen molar-refractivity contribution in [1.82, 2.24) is 4.98 Å². The van der Waals surface area contributed by atoms with Gasteiger partial charge < -0.3 is 4.98 Å². The summed E-state index contributed by atoms with van der Waals surface area (Å²) in [4.78, 5) is 15.6. The molecule has 0 amide bonds. The lowest BCUT2D eigenvalue weighted by Gasteiger charge is -2.03. The third kappa shape index (κ3) is 2.31. The summed E-state index contributed by atoms with van der Waals surface area (Å²) in [5, 5.41) is 2.08. The summed E-state index contributed by atoms with van der Waals surface area (Å²) in [6.07, 6.45) is 1.65. The molecule has 0 saturated carbocycles. The van der Waals surface area contributed by atoms with E-state index in [0.29, 0.717) is 31.6 Å². The lowest BCUT2D eigenvalue weighted by atomic mass is 10.0. The Hall–Kier alpha value is -1.48. The van der Waals surface area contributed by atoms with Crippen LogP contribution in [0.2, 0.25) is 15.1 Å². The molecule has 0 aliphatic rings. The summed E-state index contributed by atoms with van der Waals surface area (Å²) in [7, 11) is 0. The minimum atomic E-state index is -0.172. The van der Waals surface area contributed by atoms with E-state index in [4.69, 9.17) is 34.8 Å². The smallest absolute Gasteiger partial charge is 0.195 e. The monoisotopic (exact) mass is 323 g/mol. The molecule has 2 nitrogen and oxygen atoms in total. The zero-order valence-electron chi connectivity index (χ0n) is 10.1. The molecular formula is C15H8Cl3NO. The van der Waals surface area contributed by atoms with Gasteiger partial charge in [-0.2, -0.15) is 0 Å². The number of H-pyrrole nitrogens is 1. The number of fused-ring (bicyclic) bond motifs is 1. The van der Waals surface area contributed by atoms with Gasteiger partial charge in [0.05, 0.1) is 5.02 Å². The largest absolute Gasteiger partial charge is 0.360 e. The summed E-state index contributed by atoms with van der Waals surface area (Å²) >= 11 is 18.0. The molecule has 1 heterocycles. The second-order valence-corrected chi connectivity index (χ2v) is 5.63. The zero-order valence-corrected chi connectivity index (χ0v) is 12.4. The first-order valence-electron chi connectivity index (χ1n) is 5.82. The fraction of sp³-hybridized carbons (Fsp3) is 0. The number of carbonyl (C=O) groups is 1. The van der Waals surface area contributed by atoms with E-state index in [2.05, 4.69) is 4.98 Å². The Morgan fingerprint density at radius 3 is 2.40 bits per heavy atom. The van der Waals surface area contributed by atoms with E-state index in [1.165, 1.54) is 0 Å². The van der Waals surface area contributed by atoms with Gasteiger partial charge in [0.25, 0.3) is 0 Å². The number of hydrogen-bond acceptors (Lipinski definition) is 1. The minimum Gasteiger partial charge on any atom is -0.360 e. The first-order chi connectivity index (χ1) is 9.56. The average molecular weight is 325 g/mol. The Bertz CT molecular complexity index is 803. The number of benzene rings is 2. The Morgan fingerprint density at radius 1 is 1.00 bits per heavy atom. The van der Waals surface area contributed by atoms with Crippen molar-refractivity contribution < 1.29 is 4.79 Å². The highest BCUT2D eigenvalue weighted by Gasteiger charge is 2.17. The first-order valence-corrected chi connectivity index (χ1v) is 6.96. The van der Waals surface area contributed by atoms with Gasteiger partial charge >= 0.3 is 0 Å². The van der Waals surface area contributed by atoms with Gasteiger partial charge in [-0.25, -0.2) is 0 Å². The second-order valence-electron chi connectivity index (χ2n) is 4.35. The van der Waals surface area contributed by atoms with Gasteiger partial charge in [0.2, 0.25) is 0 Å². The van der Waals surface area contributed by atoms with E-state index >= 15 is 0 Å². The van der Waals surface area contributed by atoms with Crippen LogP contribution in [0.15, 0.2) is 42.6 Å². The van der Waals surface area contributed by atoms with E-state index in [-0.39, 0.29) is 5.78 Å². The van der Waals surface area contributed by atoms with Crippen molar-refractivity contribution in [3.63, 3.8) is 0 Å². The Labute approximate surface area is 130 Å². The number of rotatable bonds is 2. The quantitative estimate of drug-likeness (QED) is 0.632. The van der Waals surface area contributed by atoms with Crippen LogP contribution in [0.4, 0.5) is 0 Å². The zero-order chi connectivity index (χ0) is 14.3. The SMILES string of the molecule is O=C(c1cc(Cl)cc(Cl)c1)c1c[nH]c2cccc(Cl)c12. The van der Waals surface area contributed by atoms with Crippen LogP contribution in [0.5, 0.6) is 0 Å². The van der Waals surface area contributed by atoms with Crippen LogP contribution in [-0.2, 0) is 0 Å². The molecule has 0 spiro atoms. The van der Waals surface area contributed by atoms with Gasteiger partial charge in [0, 0.05) is 38.3 Å². The molecule has 0 bridgehead atoms. The molecule has 0 aliphatic heterocycles. The maximum Gasteiger partial charge on any atom is 0.195 e. The predicted octanol–water partition coefficient (Wildman–Crippen LogP) is 5.36. The highest BCUT2D eigenvalue weighted by molar-refractivity contribution is 6.38. The molecule has 5 heteroatoms. The molecule has 2 aromatic carbocycles. The molecule has 0 radical (unpaired) electrons. The minimum absolute atomic E-state index is 0.172. The lowest BCUT2D eigenvalue weighted by Crippen LogP contribution is -2.00. The van der Waals surface area contributed by atoms with Crippen LogP contribution >= 0.6 is 34.8 Å². The van der Waals surface area contributed by atoms with Crippen LogP contribution in [-0.4, -0.2) is 10.8 Å². The summed E-state index contributed by atoms with van der Waals surface area (Å²) in [5.41, 5.74) is 1.75. The predicted molar refractivity (Wildman–Crippen MR) is 83.2 cm³/mol. The Kier molecular flexibility index (Phi) is 3.47. The highest BCUT2D eigenvalue weighted by Crippen LogP contribution is 2.29. The molecule has 0 fully saturated rings. The third-order valence-corrected chi connectivity index (χ3v) is 3.78. The number of hydrogen-bond donors (Lipinski definition) is 1. The number of aromatic amines is 1. The van der Waals surface area contributed by atoms with Crippen LogP contribution in [0, 0.1) is 0 Å². The van der Waals surface area contributed by atoms with E-state index in [1.54, 1.807) is 30.5 Å². The molecule has 0 aliphatic carbocycles. The summed E-state index contributed by atoms with van der Waals surface area (Å²) < 4.78 is 0. The molecule has 0 saturated heterocycles. The molecule has 20 heavy (non-hydrogen) atoms. The molecule has 1 aromatic heterocycles. The van der Waals surface area contributed by atoms with Crippen LogP contribution in [0.1, 0.15) is 15.9 Å². The van der Waals surface area contributed by atoms with Crippen LogP contribution in [0.3, 0.4) is 0 Å². The number of nitrogens with one attached hydrogen (secondary N) is 1. The third-order valence-electron chi connectivity index (χ3n) is 3.02. The van der Waals surface area contributed by atoms with Gasteiger partial charge in [0.1, 0.15) is 0 Å². The number of aromatic nitrogens is 1. The molecule has 0 unspecified atom stereocenters. The fourth-order valence-corrected chi connectivity index (χ4v) is 2.96. The number of halogens is 3. The second kappa shape index (κ2) is 5.13. The average Bonchev–Trinajstić information content (AvgIpc) is 2.82. The van der Waals surface area contributed by atoms with E-state index < -0.39 is 0 Å². The van der Waals surface area contributed by atoms with Crippen molar-refractivity contribution in [1.29, 1.82) is 0 Å². The van der Waals surface area contributed by atoms with Crippen LogP contribution < -0.4 is 0 Å². The van der Waals surface area contributed by atoms with E-state index in [9.17, 15) is 4.79 Å². The van der Waals surface area contributed by atoms with E-state index in [0.717, 1.165) is 5.52 Å². The summed E-state index contributed by atoms with van der Waals surface area (Å²) in [5.74, 6) is -0.172. The van der Waals surface area contributed by atoms with Crippen molar-refractivity contribution in [3.05, 3.63) is 68.8 Å². The highest BCUT2D eigenvalue weighted by atomic mass is 35.5. The number of ketones is 1. The molecule has 100 valence electrons. The van der Waals surface area contributed by atoms with Crippen LogP contribution in [0.25, 0.3) is 10.9 Å². The molecule has 1 N–H and O–H groups in total. The molecular weight excluding hydrogens is 317 g/mol. The standard InChI is InChI=1S/C15H8Cl3NO/c16-9-4-8(5-10(17)6-9)15(20)11-7-19-13-3-1-2-12(18)14(11)13/h1-7,19H. The van der Waals surface area contributed by atoms with Gasteiger partial charge in [-0.05, 0) is 30.3 Å². The maximum atomic E-state index is 12.6. The topological polar surface area (TPSA) is 32.9 Å². The summed E-state index contributed by atoms with van der Waals surface area (Å²) in [6.45, 7) is 0. The van der Waals surface area contributed by atoms with E-state index in [1.807, 2.05) is 12.1 Å². The van der Waals surface area contributed by atoms with Gasteiger partial charge in [-0.3, -0.25) is 4.79 Å². The maximum absolute atomic E-state index is 12.6. The van der Waals surface area contributed by atoms with Crippen molar-refractivity contribution >= 4 is 51.5 Å². The summed E-state index contributed by atoms with van der Waals surface area (Å²) in [6, 6.07) is 10.2. The molecule has 3 aromatic rings. The van der Waals surface area contributed by atoms with Gasteiger partial charge in [0.15, 0.2) is 5.78 Å². The molecule has 0 atom stereocenters. The van der Waals surface area contributed by atoms with Gasteiger partial charge in [-0.1, -0.05) is 40.9 Å². The van der Waals surface area contributed by atoms with Gasteiger partial charge in [-0.15, -0.1) is 0 Å². The Morgan fingerprint density at radius 2 is 1.70 bits per heavy atom. The lowest BCUT2D eigenvalue weighted by molar-refractivity contribution is 0.104. The normalized spacial score (nSPS) is 10.9. The Balaban J connectivity index is 2.18. The van der Waals surface area contributed by atoms with Crippen molar-refractivity contribution in [2.24, 2.45) is 0 Å². The van der Waals surface area contributed by atoms with Crippen molar-refractivity contribution in [2.45, 2.75) is 0 Å².